The highest BCUT2D eigenvalue weighted by Crippen LogP contribution is 2.20. The number of nitrogens with two attached hydrogens (primary N) is 1. The van der Waals surface area contributed by atoms with E-state index in [-0.39, 0.29) is 48.7 Å². The number of ether oxygens (including phenoxy) is 2. The van der Waals surface area contributed by atoms with Crippen LogP contribution in [0.1, 0.15) is 61.2 Å². The number of nitrogens with zero attached hydrogens (tertiary/aromatic N) is 2. The van der Waals surface area contributed by atoms with E-state index in [1.54, 1.807) is 13.8 Å². The molecule has 2 unspecified atom stereocenters. The standard InChI is InChI=1S/C31H39N5O6/c1-19(2)18-41-30(39)27(42-31(40)28(32)20(3)4)17-36(35-29(38)26-15-25(21(5)37)33-34-26)16-22-11-13-24(14-12-22)23-9-7-6-8-10-23/h6-15,19-20,27-28H,16-18,32H2,1-5H3,(H,33,34)(H,35,38). The van der Waals surface area contributed by atoms with Crippen molar-refractivity contribution < 1.29 is 28.7 Å². The van der Waals surface area contributed by atoms with Gasteiger partial charge in [0, 0.05) is 13.5 Å². The van der Waals surface area contributed by atoms with Crippen molar-refractivity contribution in [3.63, 3.8) is 0 Å². The Balaban J connectivity index is 1.87. The summed E-state index contributed by atoms with van der Waals surface area (Å²) in [5.74, 6) is -2.59. The predicted molar refractivity (Wildman–Crippen MR) is 157 cm³/mol. The molecule has 3 rings (SSSR count). The number of Topliss-reactive ketones (excluding diaryl/α,β-unsaturated/α-hetero) is 1. The fraction of sp³-hybridized carbons (Fsp3) is 0.387. The third kappa shape index (κ3) is 9.35. The van der Waals surface area contributed by atoms with Crippen LogP contribution in [0.3, 0.4) is 0 Å². The normalized spacial score (nSPS) is 12.7. The Hall–Kier alpha value is -4.35. The second-order valence-corrected chi connectivity index (χ2v) is 10.8. The van der Waals surface area contributed by atoms with E-state index in [9.17, 15) is 19.2 Å². The van der Waals surface area contributed by atoms with Gasteiger partial charge in [-0.15, -0.1) is 0 Å². The third-order valence-electron chi connectivity index (χ3n) is 6.33. The maximum atomic E-state index is 13.1. The summed E-state index contributed by atoms with van der Waals surface area (Å²) in [6.45, 7) is 8.68. The van der Waals surface area contributed by atoms with Gasteiger partial charge in [0.2, 0.25) is 6.10 Å². The number of benzene rings is 2. The molecule has 42 heavy (non-hydrogen) atoms. The molecule has 0 aliphatic heterocycles. The molecule has 0 aliphatic rings. The lowest BCUT2D eigenvalue weighted by Crippen LogP contribution is -2.50. The second-order valence-electron chi connectivity index (χ2n) is 10.8. The van der Waals surface area contributed by atoms with Gasteiger partial charge in [-0.05, 0) is 34.6 Å². The van der Waals surface area contributed by atoms with Gasteiger partial charge in [0.15, 0.2) is 5.78 Å². The third-order valence-corrected chi connectivity index (χ3v) is 6.33. The van der Waals surface area contributed by atoms with Crippen molar-refractivity contribution in [1.29, 1.82) is 0 Å². The number of hydrogen-bond donors (Lipinski definition) is 3. The van der Waals surface area contributed by atoms with Crippen LogP contribution >= 0.6 is 0 Å². The van der Waals surface area contributed by atoms with E-state index in [0.29, 0.717) is 0 Å². The average molecular weight is 578 g/mol. The van der Waals surface area contributed by atoms with E-state index >= 15 is 0 Å². The zero-order valence-electron chi connectivity index (χ0n) is 24.6. The van der Waals surface area contributed by atoms with Crippen LogP contribution in [-0.2, 0) is 25.6 Å². The SMILES string of the molecule is CC(=O)c1cc(C(=O)NN(Cc2ccc(-c3ccccc3)cc2)CC(OC(=O)C(N)C(C)C)C(=O)OCC(C)C)[nH]n1. The molecule has 2 aromatic carbocycles. The van der Waals surface area contributed by atoms with E-state index in [1.807, 2.05) is 68.4 Å². The van der Waals surface area contributed by atoms with Gasteiger partial charge in [0.1, 0.15) is 17.4 Å². The fourth-order valence-corrected chi connectivity index (χ4v) is 3.82. The first-order valence-corrected chi connectivity index (χ1v) is 13.8. The Morgan fingerprint density at radius 3 is 2.17 bits per heavy atom. The highest BCUT2D eigenvalue weighted by molar-refractivity contribution is 5.97. The van der Waals surface area contributed by atoms with Gasteiger partial charge in [-0.2, -0.15) is 5.10 Å². The van der Waals surface area contributed by atoms with E-state index in [0.717, 1.165) is 16.7 Å². The summed E-state index contributed by atoms with van der Waals surface area (Å²) in [6, 6.07) is 18.0. The van der Waals surface area contributed by atoms with Gasteiger partial charge < -0.3 is 15.2 Å². The number of rotatable bonds is 14. The molecule has 0 bridgehead atoms. The van der Waals surface area contributed by atoms with Gasteiger partial charge in [-0.25, -0.2) is 9.80 Å². The number of amides is 1. The van der Waals surface area contributed by atoms with Crippen LogP contribution in [0.5, 0.6) is 0 Å². The molecule has 11 nitrogen and oxygen atoms in total. The van der Waals surface area contributed by atoms with Crippen LogP contribution in [0.4, 0.5) is 0 Å². The van der Waals surface area contributed by atoms with E-state index < -0.39 is 30.0 Å². The zero-order valence-corrected chi connectivity index (χ0v) is 24.6. The number of carbonyl (C=O) groups excluding carboxylic acids is 4. The van der Waals surface area contributed by atoms with Crippen molar-refractivity contribution in [2.75, 3.05) is 13.2 Å². The summed E-state index contributed by atoms with van der Waals surface area (Å²) in [5, 5.41) is 7.86. The number of aromatic amines is 1. The molecule has 0 radical (unpaired) electrons. The van der Waals surface area contributed by atoms with E-state index in [4.69, 9.17) is 15.2 Å². The summed E-state index contributed by atoms with van der Waals surface area (Å²) < 4.78 is 10.9. The minimum absolute atomic E-state index is 0.0439. The number of esters is 2. The number of hydrogen-bond acceptors (Lipinski definition) is 9. The van der Waals surface area contributed by atoms with Gasteiger partial charge in [-0.3, -0.25) is 24.9 Å². The van der Waals surface area contributed by atoms with Crippen molar-refractivity contribution in [3.05, 3.63) is 77.6 Å². The predicted octanol–water partition coefficient (Wildman–Crippen LogP) is 3.52. The lowest BCUT2D eigenvalue weighted by Gasteiger charge is -2.28. The topological polar surface area (TPSA) is 157 Å². The first-order valence-electron chi connectivity index (χ1n) is 13.8. The number of ketones is 1. The number of carbonyl (C=O) groups is 4. The zero-order chi connectivity index (χ0) is 30.8. The van der Waals surface area contributed by atoms with Crippen LogP contribution in [0, 0.1) is 11.8 Å². The van der Waals surface area contributed by atoms with Gasteiger partial charge in [0.25, 0.3) is 5.91 Å². The Kier molecular flexibility index (Phi) is 11.5. The Bertz CT molecular complexity index is 1350. The number of hydrazine groups is 1. The van der Waals surface area contributed by atoms with Crippen LogP contribution < -0.4 is 11.2 Å². The van der Waals surface area contributed by atoms with Gasteiger partial charge >= 0.3 is 11.9 Å². The second kappa shape index (κ2) is 15.0. The molecule has 0 saturated heterocycles. The summed E-state index contributed by atoms with van der Waals surface area (Å²) in [5.41, 5.74) is 11.7. The first-order chi connectivity index (χ1) is 19.9. The Labute approximate surface area is 245 Å². The van der Waals surface area contributed by atoms with Crippen molar-refractivity contribution in [2.45, 2.75) is 53.3 Å². The Morgan fingerprint density at radius 2 is 1.60 bits per heavy atom. The average Bonchev–Trinajstić information content (AvgIpc) is 3.47. The van der Waals surface area contributed by atoms with Crippen molar-refractivity contribution in [3.8, 4) is 11.1 Å². The fourth-order valence-electron chi connectivity index (χ4n) is 3.82. The maximum Gasteiger partial charge on any atom is 0.348 e. The first kappa shape index (κ1) is 32.2. The van der Waals surface area contributed by atoms with Crippen LogP contribution in [0.25, 0.3) is 11.1 Å². The van der Waals surface area contributed by atoms with E-state index in [1.165, 1.54) is 18.0 Å². The molecule has 224 valence electrons. The summed E-state index contributed by atoms with van der Waals surface area (Å²) >= 11 is 0. The van der Waals surface area contributed by atoms with Crippen molar-refractivity contribution in [2.24, 2.45) is 17.6 Å². The highest BCUT2D eigenvalue weighted by atomic mass is 16.6. The molecule has 1 heterocycles. The lowest BCUT2D eigenvalue weighted by molar-refractivity contribution is -0.171. The molecule has 1 aromatic heterocycles. The summed E-state index contributed by atoms with van der Waals surface area (Å²) in [7, 11) is 0. The summed E-state index contributed by atoms with van der Waals surface area (Å²) in [4.78, 5) is 50.6. The van der Waals surface area contributed by atoms with Crippen molar-refractivity contribution >= 4 is 23.6 Å². The van der Waals surface area contributed by atoms with Gasteiger partial charge in [-0.1, -0.05) is 82.3 Å². The smallest absolute Gasteiger partial charge is 0.348 e. The minimum atomic E-state index is -1.38. The highest BCUT2D eigenvalue weighted by Gasteiger charge is 2.31. The van der Waals surface area contributed by atoms with Crippen LogP contribution in [0.15, 0.2) is 60.7 Å². The molecule has 2 atom stereocenters. The van der Waals surface area contributed by atoms with E-state index in [2.05, 4.69) is 15.6 Å². The van der Waals surface area contributed by atoms with Crippen LogP contribution in [-0.4, -0.2) is 64.1 Å². The molecular formula is C31H39N5O6. The summed E-state index contributed by atoms with van der Waals surface area (Å²) in [6.07, 6.45) is -1.38. The lowest BCUT2D eigenvalue weighted by atomic mass is 10.0. The Morgan fingerprint density at radius 1 is 0.952 bits per heavy atom. The van der Waals surface area contributed by atoms with Crippen molar-refractivity contribution in [1.82, 2.24) is 20.6 Å². The molecule has 1 amide bonds. The molecule has 0 fully saturated rings. The molecule has 0 saturated carbocycles. The monoisotopic (exact) mass is 577 g/mol. The molecule has 0 aliphatic carbocycles. The largest absolute Gasteiger partial charge is 0.463 e. The molecule has 4 N–H and O–H groups in total. The molecular weight excluding hydrogens is 538 g/mol. The van der Waals surface area contributed by atoms with Crippen LogP contribution in [0.2, 0.25) is 0 Å². The molecule has 11 heteroatoms. The number of aromatic nitrogens is 2. The quantitative estimate of drug-likeness (QED) is 0.148. The molecule has 3 aromatic rings. The minimum Gasteiger partial charge on any atom is -0.463 e. The number of H-pyrrole nitrogens is 1. The molecule has 0 spiro atoms. The van der Waals surface area contributed by atoms with Gasteiger partial charge in [0.05, 0.1) is 13.2 Å². The maximum absolute atomic E-state index is 13.1. The number of nitrogens with one attached hydrogen (secondary N) is 2.